The van der Waals surface area contributed by atoms with E-state index in [0.29, 0.717) is 32.5 Å². The van der Waals surface area contributed by atoms with Gasteiger partial charge in [-0.2, -0.15) is 0 Å². The zero-order valence-corrected chi connectivity index (χ0v) is 23.1. The first-order valence-corrected chi connectivity index (χ1v) is 13.8. The van der Waals surface area contributed by atoms with Crippen LogP contribution in [0.15, 0.2) is 12.2 Å². The van der Waals surface area contributed by atoms with Gasteiger partial charge in [0.2, 0.25) is 0 Å². The van der Waals surface area contributed by atoms with Crippen molar-refractivity contribution in [1.82, 2.24) is 5.32 Å². The van der Waals surface area contributed by atoms with Gasteiger partial charge in [0, 0.05) is 25.3 Å². The van der Waals surface area contributed by atoms with Crippen LogP contribution in [0.2, 0.25) is 0 Å². The monoisotopic (exact) mass is 511 g/mol. The predicted molar refractivity (Wildman–Crippen MR) is 138 cm³/mol. The van der Waals surface area contributed by atoms with E-state index in [2.05, 4.69) is 29.1 Å². The maximum absolute atomic E-state index is 12.6. The van der Waals surface area contributed by atoms with Gasteiger partial charge in [0.25, 0.3) is 0 Å². The number of aliphatic hydroxyl groups excluding tert-OH is 1. The molecule has 8 heteroatoms. The highest BCUT2D eigenvalue weighted by atomic mass is 16.7. The van der Waals surface area contributed by atoms with Gasteiger partial charge in [0.05, 0.1) is 26.4 Å². The lowest BCUT2D eigenvalue weighted by Crippen LogP contribution is -2.42. The fraction of sp³-hybridized carbons (Fsp3) is 0.857. The third-order valence-corrected chi connectivity index (χ3v) is 7.15. The number of carbonyl (C=O) groups is 2. The van der Waals surface area contributed by atoms with Crippen LogP contribution in [-0.4, -0.2) is 61.0 Å². The molecule has 1 saturated heterocycles. The normalized spacial score (nSPS) is 25.8. The van der Waals surface area contributed by atoms with E-state index in [1.807, 2.05) is 20.8 Å². The maximum Gasteiger partial charge on any atom is 0.407 e. The number of unbranched alkanes of at least 4 members (excludes halogenated alkanes) is 3. The number of ether oxygens (including phenoxy) is 4. The Hall–Kier alpha value is -1.64. The molecular formula is C28H49NO7. The van der Waals surface area contributed by atoms with Gasteiger partial charge in [-0.15, -0.1) is 0 Å². The van der Waals surface area contributed by atoms with Crippen molar-refractivity contribution in [2.24, 2.45) is 11.8 Å². The van der Waals surface area contributed by atoms with Crippen molar-refractivity contribution in [3.05, 3.63) is 12.2 Å². The molecule has 1 aliphatic carbocycles. The molecule has 0 aromatic rings. The molecule has 208 valence electrons. The summed E-state index contributed by atoms with van der Waals surface area (Å²) in [5.74, 6) is -0.679. The first-order chi connectivity index (χ1) is 17.1. The van der Waals surface area contributed by atoms with Crippen LogP contribution in [0.1, 0.15) is 98.3 Å². The third kappa shape index (κ3) is 10.4. The Labute approximate surface area is 217 Å². The van der Waals surface area contributed by atoms with Crippen molar-refractivity contribution in [2.45, 2.75) is 122 Å². The number of carbonyl (C=O) groups excluding carboxylic acids is 2. The SMILES string of the molecule is CCCCCC1(CC[C@H]2[C@H](NC(=O)OC(C)(C)C)CC(O)[C@@H]2CC=CCCCC(=O)OC)OCCO1. The number of rotatable bonds is 14. The van der Waals surface area contributed by atoms with Gasteiger partial charge in [-0.25, -0.2) is 4.79 Å². The summed E-state index contributed by atoms with van der Waals surface area (Å²) in [4.78, 5) is 23.9. The first kappa shape index (κ1) is 30.6. The molecule has 2 fully saturated rings. The van der Waals surface area contributed by atoms with E-state index < -0.39 is 23.6 Å². The average molecular weight is 512 g/mol. The molecule has 0 bridgehead atoms. The Bertz CT molecular complexity index is 697. The Morgan fingerprint density at radius 3 is 2.44 bits per heavy atom. The summed E-state index contributed by atoms with van der Waals surface area (Å²) in [7, 11) is 1.40. The number of esters is 1. The molecule has 4 atom stereocenters. The minimum atomic E-state index is -0.585. The van der Waals surface area contributed by atoms with Gasteiger partial charge >= 0.3 is 12.1 Å². The molecular weight excluding hydrogens is 462 g/mol. The molecule has 0 aromatic heterocycles. The second-order valence-electron chi connectivity index (χ2n) is 11.2. The molecule has 2 rings (SSSR count). The molecule has 2 N–H and O–H groups in total. The van der Waals surface area contributed by atoms with Crippen molar-refractivity contribution in [2.75, 3.05) is 20.3 Å². The largest absolute Gasteiger partial charge is 0.469 e. The fourth-order valence-electron chi connectivity index (χ4n) is 5.34. The van der Waals surface area contributed by atoms with Crippen LogP contribution in [0, 0.1) is 11.8 Å². The van der Waals surface area contributed by atoms with Crippen LogP contribution in [0.5, 0.6) is 0 Å². The topological polar surface area (TPSA) is 103 Å². The zero-order valence-electron chi connectivity index (χ0n) is 23.1. The van der Waals surface area contributed by atoms with Crippen molar-refractivity contribution < 1.29 is 33.6 Å². The van der Waals surface area contributed by atoms with E-state index in [1.54, 1.807) is 0 Å². The summed E-state index contributed by atoms with van der Waals surface area (Å²) in [6, 6.07) is -0.179. The Balaban J connectivity index is 2.04. The molecule has 1 heterocycles. The van der Waals surface area contributed by atoms with Crippen molar-refractivity contribution in [3.63, 3.8) is 0 Å². The van der Waals surface area contributed by atoms with E-state index in [9.17, 15) is 14.7 Å². The van der Waals surface area contributed by atoms with Crippen molar-refractivity contribution in [1.29, 1.82) is 0 Å². The van der Waals surface area contributed by atoms with E-state index in [0.717, 1.165) is 51.4 Å². The minimum Gasteiger partial charge on any atom is -0.469 e. The number of alkyl carbamates (subject to hydrolysis) is 1. The number of nitrogens with one attached hydrogen (secondary N) is 1. The van der Waals surface area contributed by atoms with Crippen LogP contribution < -0.4 is 5.32 Å². The van der Waals surface area contributed by atoms with Crippen LogP contribution in [-0.2, 0) is 23.7 Å². The molecule has 1 saturated carbocycles. The highest BCUT2D eigenvalue weighted by Crippen LogP contribution is 2.41. The van der Waals surface area contributed by atoms with Gasteiger partial charge in [-0.3, -0.25) is 4.79 Å². The minimum absolute atomic E-state index is 0.0101. The molecule has 0 radical (unpaired) electrons. The first-order valence-electron chi connectivity index (χ1n) is 13.8. The summed E-state index contributed by atoms with van der Waals surface area (Å²) >= 11 is 0. The number of hydrogen-bond donors (Lipinski definition) is 2. The number of methoxy groups -OCH3 is 1. The third-order valence-electron chi connectivity index (χ3n) is 7.15. The molecule has 1 aliphatic heterocycles. The van der Waals surface area contributed by atoms with E-state index in [1.165, 1.54) is 7.11 Å². The molecule has 36 heavy (non-hydrogen) atoms. The van der Waals surface area contributed by atoms with Gasteiger partial charge < -0.3 is 29.4 Å². The Kier molecular flexibility index (Phi) is 12.7. The molecule has 0 spiro atoms. The lowest BCUT2D eigenvalue weighted by Gasteiger charge is -2.32. The summed E-state index contributed by atoms with van der Waals surface area (Å²) in [5.41, 5.74) is -0.585. The molecule has 2 aliphatic rings. The predicted octanol–water partition coefficient (Wildman–Crippen LogP) is 5.27. The summed E-state index contributed by atoms with van der Waals surface area (Å²) in [6.45, 7) is 8.93. The molecule has 1 amide bonds. The van der Waals surface area contributed by atoms with Crippen LogP contribution in [0.3, 0.4) is 0 Å². The quantitative estimate of drug-likeness (QED) is 0.186. The van der Waals surface area contributed by atoms with Gasteiger partial charge in [0.15, 0.2) is 5.79 Å². The maximum atomic E-state index is 12.6. The lowest BCUT2D eigenvalue weighted by molar-refractivity contribution is -0.171. The van der Waals surface area contributed by atoms with E-state index in [4.69, 9.17) is 14.2 Å². The Morgan fingerprint density at radius 2 is 1.81 bits per heavy atom. The highest BCUT2D eigenvalue weighted by molar-refractivity contribution is 5.69. The standard InChI is InChI=1S/C28H49NO7/c1-6-7-12-16-28(34-18-19-35-28)17-15-21-22(13-10-8-9-11-14-25(31)33-5)24(30)20-23(21)29-26(32)36-27(2,3)4/h8,10,21-24,30H,6-7,9,11-20H2,1-5H3,(H,29,32)/t21-,22-,23-,24?/m1/s1. The smallest absolute Gasteiger partial charge is 0.407 e. The lowest BCUT2D eigenvalue weighted by atomic mass is 9.84. The van der Waals surface area contributed by atoms with Crippen LogP contribution in [0.25, 0.3) is 0 Å². The molecule has 0 aromatic carbocycles. The average Bonchev–Trinajstić information content (AvgIpc) is 3.38. The summed E-state index contributed by atoms with van der Waals surface area (Å²) in [6.07, 6.45) is 12.0. The van der Waals surface area contributed by atoms with Gasteiger partial charge in [-0.05, 0) is 71.1 Å². The number of aliphatic hydroxyl groups is 1. The van der Waals surface area contributed by atoms with E-state index in [-0.39, 0.29) is 23.8 Å². The second kappa shape index (κ2) is 14.9. The highest BCUT2D eigenvalue weighted by Gasteiger charge is 2.45. The van der Waals surface area contributed by atoms with Crippen molar-refractivity contribution in [3.8, 4) is 0 Å². The summed E-state index contributed by atoms with van der Waals surface area (Å²) in [5, 5.41) is 14.0. The second-order valence-corrected chi connectivity index (χ2v) is 11.2. The number of amides is 1. The molecule has 1 unspecified atom stereocenters. The number of hydrogen-bond acceptors (Lipinski definition) is 7. The van der Waals surface area contributed by atoms with E-state index >= 15 is 0 Å². The fourth-order valence-corrected chi connectivity index (χ4v) is 5.34. The van der Waals surface area contributed by atoms with Crippen molar-refractivity contribution >= 4 is 12.1 Å². The Morgan fingerprint density at radius 1 is 1.08 bits per heavy atom. The molecule has 8 nitrogen and oxygen atoms in total. The number of allylic oxidation sites excluding steroid dienone is 2. The summed E-state index contributed by atoms with van der Waals surface area (Å²) < 4.78 is 22.4. The van der Waals surface area contributed by atoms with Gasteiger partial charge in [-0.1, -0.05) is 31.9 Å². The zero-order chi connectivity index (χ0) is 26.6. The van der Waals surface area contributed by atoms with Gasteiger partial charge in [0.1, 0.15) is 5.60 Å². The van der Waals surface area contributed by atoms with Crippen LogP contribution >= 0.6 is 0 Å². The van der Waals surface area contributed by atoms with Crippen LogP contribution in [0.4, 0.5) is 4.79 Å².